The van der Waals surface area contributed by atoms with Crippen LogP contribution in [0.15, 0.2) is 54.6 Å². The van der Waals surface area contributed by atoms with E-state index in [0.717, 1.165) is 23.6 Å². The first-order chi connectivity index (χ1) is 11.7. The van der Waals surface area contributed by atoms with Crippen LogP contribution in [0.2, 0.25) is 0 Å². The normalized spacial score (nSPS) is 28.9. The van der Waals surface area contributed by atoms with Crippen LogP contribution in [0.25, 0.3) is 0 Å². The Morgan fingerprint density at radius 2 is 1.88 bits per heavy atom. The van der Waals surface area contributed by atoms with Crippen molar-refractivity contribution in [2.24, 2.45) is 0 Å². The number of amides is 1. The SMILES string of the molecule is COc1ccc(N2C(=O)C3(CC(I)CS3)C2c2ccccc2)cc1. The molecule has 0 radical (unpaired) electrons. The Hall–Kier alpha value is -1.21. The Morgan fingerprint density at radius 3 is 2.46 bits per heavy atom. The molecule has 24 heavy (non-hydrogen) atoms. The summed E-state index contributed by atoms with van der Waals surface area (Å²) in [6, 6.07) is 18.3. The van der Waals surface area contributed by atoms with Crippen molar-refractivity contribution in [3.05, 3.63) is 60.2 Å². The maximum Gasteiger partial charge on any atom is 0.246 e. The highest BCUT2D eigenvalue weighted by atomic mass is 127. The summed E-state index contributed by atoms with van der Waals surface area (Å²) in [4.78, 5) is 15.1. The standard InChI is InChI=1S/C19H18INO2S/c1-23-16-9-7-15(8-10-16)21-17(13-5-3-2-4-6-13)19(18(21)22)11-14(20)12-24-19/h2-10,14,17H,11-12H2,1H3. The van der Waals surface area contributed by atoms with Gasteiger partial charge in [-0.05, 0) is 36.2 Å². The Labute approximate surface area is 159 Å². The minimum absolute atomic E-state index is 0.101. The molecule has 4 rings (SSSR count). The van der Waals surface area contributed by atoms with Gasteiger partial charge in [0.1, 0.15) is 10.5 Å². The van der Waals surface area contributed by atoms with Gasteiger partial charge in [0.25, 0.3) is 0 Å². The summed E-state index contributed by atoms with van der Waals surface area (Å²) in [7, 11) is 1.65. The van der Waals surface area contributed by atoms with Crippen LogP contribution in [0.5, 0.6) is 5.75 Å². The number of halogens is 1. The summed E-state index contributed by atoms with van der Waals surface area (Å²) < 4.78 is 5.50. The van der Waals surface area contributed by atoms with Gasteiger partial charge in [0.2, 0.25) is 5.91 Å². The average Bonchev–Trinajstić information content (AvgIpc) is 3.04. The van der Waals surface area contributed by atoms with E-state index in [4.69, 9.17) is 4.74 Å². The Bertz CT molecular complexity index is 752. The maximum absolute atomic E-state index is 13.1. The van der Waals surface area contributed by atoms with Crippen LogP contribution in [0.4, 0.5) is 5.69 Å². The van der Waals surface area contributed by atoms with Gasteiger partial charge in [-0.15, -0.1) is 11.8 Å². The topological polar surface area (TPSA) is 29.5 Å². The quantitative estimate of drug-likeness (QED) is 0.392. The van der Waals surface area contributed by atoms with E-state index < -0.39 is 0 Å². The number of anilines is 1. The summed E-state index contributed by atoms with van der Waals surface area (Å²) in [5.41, 5.74) is 2.16. The van der Waals surface area contributed by atoms with Crippen molar-refractivity contribution >= 4 is 45.9 Å². The van der Waals surface area contributed by atoms with Gasteiger partial charge < -0.3 is 9.64 Å². The van der Waals surface area contributed by atoms with Gasteiger partial charge in [-0.25, -0.2) is 0 Å². The number of ether oxygens (including phenoxy) is 1. The van der Waals surface area contributed by atoms with E-state index in [1.54, 1.807) is 7.11 Å². The van der Waals surface area contributed by atoms with Gasteiger partial charge in [0.05, 0.1) is 13.2 Å². The number of nitrogens with zero attached hydrogens (tertiary/aromatic N) is 1. The summed E-state index contributed by atoms with van der Waals surface area (Å²) in [6.07, 6.45) is 0.948. The molecule has 0 saturated carbocycles. The molecule has 5 heteroatoms. The molecule has 2 aromatic carbocycles. The molecule has 2 aliphatic heterocycles. The maximum atomic E-state index is 13.1. The molecule has 1 spiro atoms. The lowest BCUT2D eigenvalue weighted by molar-refractivity contribution is -0.128. The fourth-order valence-corrected chi connectivity index (χ4v) is 6.74. The van der Waals surface area contributed by atoms with Crippen molar-refractivity contribution in [3.63, 3.8) is 0 Å². The van der Waals surface area contributed by atoms with E-state index in [1.165, 1.54) is 5.56 Å². The number of carbonyl (C=O) groups is 1. The highest BCUT2D eigenvalue weighted by molar-refractivity contribution is 14.1. The molecule has 3 nitrogen and oxygen atoms in total. The van der Waals surface area contributed by atoms with Crippen LogP contribution < -0.4 is 9.64 Å². The lowest BCUT2D eigenvalue weighted by Gasteiger charge is -2.54. The van der Waals surface area contributed by atoms with E-state index in [9.17, 15) is 4.79 Å². The Balaban J connectivity index is 1.74. The predicted molar refractivity (Wildman–Crippen MR) is 107 cm³/mol. The molecule has 3 atom stereocenters. The Kier molecular flexibility index (Phi) is 4.24. The first-order valence-electron chi connectivity index (χ1n) is 7.96. The summed E-state index contributed by atoms with van der Waals surface area (Å²) >= 11 is 4.31. The van der Waals surface area contributed by atoms with Gasteiger partial charge in [-0.2, -0.15) is 0 Å². The van der Waals surface area contributed by atoms with E-state index in [1.807, 2.05) is 47.0 Å². The van der Waals surface area contributed by atoms with Crippen LogP contribution >= 0.6 is 34.4 Å². The highest BCUT2D eigenvalue weighted by Gasteiger charge is 2.64. The van der Waals surface area contributed by atoms with Gasteiger partial charge in [0.15, 0.2) is 0 Å². The molecule has 2 aromatic rings. The summed E-state index contributed by atoms with van der Waals surface area (Å²) in [5, 5.41) is 0. The highest BCUT2D eigenvalue weighted by Crippen LogP contribution is 2.60. The van der Waals surface area contributed by atoms with Crippen LogP contribution in [-0.2, 0) is 4.79 Å². The molecule has 2 heterocycles. The molecule has 1 amide bonds. The molecule has 0 aliphatic carbocycles. The molecule has 124 valence electrons. The monoisotopic (exact) mass is 451 g/mol. The largest absolute Gasteiger partial charge is 0.497 e. The van der Waals surface area contributed by atoms with E-state index in [-0.39, 0.29) is 16.7 Å². The lowest BCUT2D eigenvalue weighted by atomic mass is 9.78. The number of benzene rings is 2. The van der Waals surface area contributed by atoms with E-state index >= 15 is 0 Å². The molecule has 2 fully saturated rings. The number of rotatable bonds is 3. The lowest BCUT2D eigenvalue weighted by Crippen LogP contribution is -2.66. The van der Waals surface area contributed by atoms with E-state index in [2.05, 4.69) is 46.9 Å². The summed E-state index contributed by atoms with van der Waals surface area (Å²) in [5.74, 6) is 2.09. The van der Waals surface area contributed by atoms with Crippen molar-refractivity contribution in [1.29, 1.82) is 0 Å². The molecular formula is C19H18INO2S. The van der Waals surface area contributed by atoms with Crippen LogP contribution in [0.1, 0.15) is 18.0 Å². The second-order valence-electron chi connectivity index (χ2n) is 6.19. The number of alkyl halides is 1. The molecular weight excluding hydrogens is 433 g/mol. The van der Waals surface area contributed by atoms with Crippen LogP contribution in [0.3, 0.4) is 0 Å². The van der Waals surface area contributed by atoms with E-state index in [0.29, 0.717) is 3.92 Å². The number of carbonyl (C=O) groups excluding carboxylic acids is 1. The second-order valence-corrected chi connectivity index (χ2v) is 9.30. The third-order valence-electron chi connectivity index (χ3n) is 4.79. The van der Waals surface area contributed by atoms with Gasteiger partial charge >= 0.3 is 0 Å². The minimum Gasteiger partial charge on any atom is -0.497 e. The van der Waals surface area contributed by atoms with Crippen molar-refractivity contribution in [2.45, 2.75) is 21.1 Å². The van der Waals surface area contributed by atoms with Gasteiger partial charge in [0, 0.05) is 15.4 Å². The zero-order chi connectivity index (χ0) is 16.7. The molecule has 2 saturated heterocycles. The van der Waals surface area contributed by atoms with Crippen LogP contribution in [0, 0.1) is 0 Å². The molecule has 0 bridgehead atoms. The van der Waals surface area contributed by atoms with Crippen LogP contribution in [-0.4, -0.2) is 27.4 Å². The minimum atomic E-state index is -0.298. The second kappa shape index (κ2) is 6.26. The number of hydrogen-bond donors (Lipinski definition) is 0. The molecule has 0 N–H and O–H groups in total. The first kappa shape index (κ1) is 16.3. The number of β-lactam (4-membered cyclic amide) rings is 1. The fourth-order valence-electron chi connectivity index (χ4n) is 3.67. The smallest absolute Gasteiger partial charge is 0.246 e. The third kappa shape index (κ3) is 2.44. The first-order valence-corrected chi connectivity index (χ1v) is 10.2. The van der Waals surface area contributed by atoms with Gasteiger partial charge in [-0.1, -0.05) is 52.9 Å². The number of methoxy groups -OCH3 is 1. The predicted octanol–water partition coefficient (Wildman–Crippen LogP) is 4.46. The van der Waals surface area contributed by atoms with Crippen molar-refractivity contribution < 1.29 is 9.53 Å². The summed E-state index contributed by atoms with van der Waals surface area (Å²) in [6.45, 7) is 0. The average molecular weight is 451 g/mol. The number of thioether (sulfide) groups is 1. The van der Waals surface area contributed by atoms with Gasteiger partial charge in [-0.3, -0.25) is 4.79 Å². The molecule has 0 aromatic heterocycles. The number of hydrogen-bond acceptors (Lipinski definition) is 3. The third-order valence-corrected chi connectivity index (χ3v) is 7.92. The molecule has 2 aliphatic rings. The van der Waals surface area contributed by atoms with Crippen molar-refractivity contribution in [3.8, 4) is 5.75 Å². The zero-order valence-corrected chi connectivity index (χ0v) is 16.3. The van der Waals surface area contributed by atoms with Crippen molar-refractivity contribution in [2.75, 3.05) is 17.8 Å². The Morgan fingerprint density at radius 1 is 1.17 bits per heavy atom. The van der Waals surface area contributed by atoms with Crippen molar-refractivity contribution in [1.82, 2.24) is 0 Å². The fraction of sp³-hybridized carbons (Fsp3) is 0.316. The zero-order valence-electron chi connectivity index (χ0n) is 13.3. The molecule has 3 unspecified atom stereocenters.